The average Bonchev–Trinajstić information content (AvgIpc) is 2.60. The van der Waals surface area contributed by atoms with E-state index in [4.69, 9.17) is 23.2 Å². The molecule has 6 heteroatoms. The summed E-state index contributed by atoms with van der Waals surface area (Å²) in [6.45, 7) is 0. The van der Waals surface area contributed by atoms with Crippen molar-refractivity contribution in [3.05, 3.63) is 64.1 Å². The first-order valence-electron chi connectivity index (χ1n) is 7.14. The number of halogens is 2. The maximum atomic E-state index is 9.71. The standard InChI is InChI=1S/C18H12Cl2N4/c1-22-18-23-16(11-4-2-6-13(19)8-11)15(10-21)17(24-18)12-5-3-7-14(20)9-12/h2-9H,1H3,(H,22,23,24). The number of nitrogens with zero attached hydrogens (tertiary/aromatic N) is 3. The van der Waals surface area contributed by atoms with Gasteiger partial charge in [0.15, 0.2) is 0 Å². The first-order valence-corrected chi connectivity index (χ1v) is 7.89. The van der Waals surface area contributed by atoms with Gasteiger partial charge in [-0.25, -0.2) is 9.97 Å². The van der Waals surface area contributed by atoms with Crippen molar-refractivity contribution in [2.24, 2.45) is 0 Å². The molecule has 3 aromatic rings. The third kappa shape index (κ3) is 3.18. The zero-order valence-electron chi connectivity index (χ0n) is 12.7. The van der Waals surface area contributed by atoms with E-state index in [2.05, 4.69) is 21.4 Å². The Morgan fingerprint density at radius 2 is 1.42 bits per heavy atom. The van der Waals surface area contributed by atoms with Crippen LogP contribution in [-0.2, 0) is 0 Å². The highest BCUT2D eigenvalue weighted by Crippen LogP contribution is 2.32. The van der Waals surface area contributed by atoms with Crippen molar-refractivity contribution < 1.29 is 0 Å². The number of hydrogen-bond acceptors (Lipinski definition) is 4. The highest BCUT2D eigenvalue weighted by atomic mass is 35.5. The molecule has 0 radical (unpaired) electrons. The number of benzene rings is 2. The highest BCUT2D eigenvalue weighted by Gasteiger charge is 2.17. The molecule has 118 valence electrons. The lowest BCUT2D eigenvalue weighted by Gasteiger charge is -2.11. The van der Waals surface area contributed by atoms with E-state index in [1.807, 2.05) is 24.3 Å². The first-order chi connectivity index (χ1) is 11.6. The number of hydrogen-bond donors (Lipinski definition) is 1. The maximum absolute atomic E-state index is 9.71. The quantitative estimate of drug-likeness (QED) is 0.716. The summed E-state index contributed by atoms with van der Waals surface area (Å²) in [6.07, 6.45) is 0. The smallest absolute Gasteiger partial charge is 0.223 e. The number of aromatic nitrogens is 2. The van der Waals surface area contributed by atoms with Gasteiger partial charge in [-0.05, 0) is 24.3 Å². The van der Waals surface area contributed by atoms with Gasteiger partial charge in [0.05, 0.1) is 11.4 Å². The third-order valence-corrected chi connectivity index (χ3v) is 3.91. The van der Waals surface area contributed by atoms with Crippen LogP contribution < -0.4 is 5.32 Å². The summed E-state index contributed by atoms with van der Waals surface area (Å²) < 4.78 is 0. The van der Waals surface area contributed by atoms with Crippen LogP contribution in [0.2, 0.25) is 10.0 Å². The van der Waals surface area contributed by atoms with Crippen molar-refractivity contribution >= 4 is 29.2 Å². The first kappa shape index (κ1) is 16.3. The van der Waals surface area contributed by atoms with E-state index in [1.165, 1.54) is 0 Å². The molecule has 0 aliphatic rings. The number of nitrogens with one attached hydrogen (secondary N) is 1. The molecule has 0 saturated heterocycles. The minimum atomic E-state index is 0.374. The molecule has 2 aromatic carbocycles. The lowest BCUT2D eigenvalue weighted by Crippen LogP contribution is -2.03. The van der Waals surface area contributed by atoms with Crippen LogP contribution >= 0.6 is 23.2 Å². The lowest BCUT2D eigenvalue weighted by atomic mass is 10.0. The molecule has 0 aliphatic heterocycles. The van der Waals surface area contributed by atoms with E-state index < -0.39 is 0 Å². The van der Waals surface area contributed by atoms with Crippen LogP contribution in [0.15, 0.2) is 48.5 Å². The van der Waals surface area contributed by atoms with Gasteiger partial charge in [-0.1, -0.05) is 47.5 Å². The van der Waals surface area contributed by atoms with Crippen molar-refractivity contribution in [3.63, 3.8) is 0 Å². The molecule has 0 fully saturated rings. The van der Waals surface area contributed by atoms with E-state index in [1.54, 1.807) is 31.3 Å². The van der Waals surface area contributed by atoms with Crippen molar-refractivity contribution in [2.45, 2.75) is 0 Å². The molecule has 0 aliphatic carbocycles. The summed E-state index contributed by atoms with van der Waals surface area (Å²) >= 11 is 12.2. The molecule has 0 unspecified atom stereocenters. The second-order valence-corrected chi connectivity index (χ2v) is 5.87. The molecule has 1 N–H and O–H groups in total. The Bertz CT molecular complexity index is 881. The minimum Gasteiger partial charge on any atom is -0.357 e. The number of nitriles is 1. The van der Waals surface area contributed by atoms with Crippen molar-refractivity contribution in [1.29, 1.82) is 5.26 Å². The maximum Gasteiger partial charge on any atom is 0.223 e. The zero-order valence-corrected chi connectivity index (χ0v) is 14.2. The lowest BCUT2D eigenvalue weighted by molar-refractivity contribution is 1.15. The Kier molecular flexibility index (Phi) is 4.66. The molecular weight excluding hydrogens is 343 g/mol. The molecule has 3 rings (SSSR count). The van der Waals surface area contributed by atoms with Crippen molar-refractivity contribution in [1.82, 2.24) is 9.97 Å². The van der Waals surface area contributed by atoms with E-state index in [0.29, 0.717) is 32.9 Å². The normalized spacial score (nSPS) is 10.2. The molecule has 0 amide bonds. The van der Waals surface area contributed by atoms with Gasteiger partial charge >= 0.3 is 0 Å². The summed E-state index contributed by atoms with van der Waals surface area (Å²) in [6, 6.07) is 16.6. The topological polar surface area (TPSA) is 61.6 Å². The molecule has 24 heavy (non-hydrogen) atoms. The summed E-state index contributed by atoms with van der Waals surface area (Å²) in [5.41, 5.74) is 2.92. The summed E-state index contributed by atoms with van der Waals surface area (Å²) in [5, 5.41) is 13.8. The van der Waals surface area contributed by atoms with Gasteiger partial charge < -0.3 is 5.32 Å². The summed E-state index contributed by atoms with van der Waals surface area (Å²) in [4.78, 5) is 8.89. The van der Waals surface area contributed by atoms with Crippen LogP contribution in [0.5, 0.6) is 0 Å². The second kappa shape index (κ2) is 6.88. The van der Waals surface area contributed by atoms with Gasteiger partial charge in [-0.15, -0.1) is 0 Å². The van der Waals surface area contributed by atoms with Crippen LogP contribution in [0.4, 0.5) is 5.95 Å². The van der Waals surface area contributed by atoms with Crippen LogP contribution in [0.1, 0.15) is 5.56 Å². The largest absolute Gasteiger partial charge is 0.357 e. The van der Waals surface area contributed by atoms with Gasteiger partial charge in [-0.3, -0.25) is 0 Å². The van der Waals surface area contributed by atoms with Gasteiger partial charge in [0.1, 0.15) is 11.6 Å². The van der Waals surface area contributed by atoms with Gasteiger partial charge in [0, 0.05) is 28.2 Å². The van der Waals surface area contributed by atoms with Crippen molar-refractivity contribution in [3.8, 4) is 28.6 Å². The van der Waals surface area contributed by atoms with E-state index in [0.717, 1.165) is 11.1 Å². The predicted molar refractivity (Wildman–Crippen MR) is 97.2 cm³/mol. The second-order valence-electron chi connectivity index (χ2n) is 5.00. The van der Waals surface area contributed by atoms with Crippen LogP contribution in [-0.4, -0.2) is 17.0 Å². The van der Waals surface area contributed by atoms with Crippen LogP contribution in [0.25, 0.3) is 22.5 Å². The fourth-order valence-electron chi connectivity index (χ4n) is 2.37. The Morgan fingerprint density at radius 1 is 0.917 bits per heavy atom. The molecule has 4 nitrogen and oxygen atoms in total. The molecule has 0 spiro atoms. The highest BCUT2D eigenvalue weighted by molar-refractivity contribution is 6.31. The average molecular weight is 355 g/mol. The van der Waals surface area contributed by atoms with Gasteiger partial charge in [0.2, 0.25) is 5.95 Å². The van der Waals surface area contributed by atoms with Crippen LogP contribution in [0.3, 0.4) is 0 Å². The Morgan fingerprint density at radius 3 is 1.79 bits per heavy atom. The Labute approximate surface area is 149 Å². The van der Waals surface area contributed by atoms with E-state index in [9.17, 15) is 5.26 Å². The van der Waals surface area contributed by atoms with Crippen LogP contribution in [0, 0.1) is 11.3 Å². The Hall–Kier alpha value is -2.61. The minimum absolute atomic E-state index is 0.374. The SMILES string of the molecule is CNc1nc(-c2cccc(Cl)c2)c(C#N)c(-c2cccc(Cl)c2)n1. The summed E-state index contributed by atoms with van der Waals surface area (Å²) in [5.74, 6) is 0.416. The Balaban J connectivity index is 2.31. The fraction of sp³-hybridized carbons (Fsp3) is 0.0556. The molecule has 0 saturated carbocycles. The van der Waals surface area contributed by atoms with Gasteiger partial charge in [0.25, 0.3) is 0 Å². The molecule has 1 heterocycles. The monoisotopic (exact) mass is 354 g/mol. The van der Waals surface area contributed by atoms with E-state index in [-0.39, 0.29) is 0 Å². The third-order valence-electron chi connectivity index (χ3n) is 3.44. The fourth-order valence-corrected chi connectivity index (χ4v) is 2.75. The zero-order chi connectivity index (χ0) is 17.1. The summed E-state index contributed by atoms with van der Waals surface area (Å²) in [7, 11) is 1.73. The molecule has 0 atom stereocenters. The van der Waals surface area contributed by atoms with Gasteiger partial charge in [-0.2, -0.15) is 5.26 Å². The molecular formula is C18H12Cl2N4. The van der Waals surface area contributed by atoms with Crippen molar-refractivity contribution in [2.75, 3.05) is 12.4 Å². The molecule has 0 bridgehead atoms. The predicted octanol–water partition coefficient (Wildman–Crippen LogP) is 5.03. The van der Waals surface area contributed by atoms with E-state index >= 15 is 0 Å². The number of rotatable bonds is 3. The molecule has 1 aromatic heterocycles. The number of anilines is 1.